The highest BCUT2D eigenvalue weighted by atomic mass is 32.2. The predicted octanol–water partition coefficient (Wildman–Crippen LogP) is 1.80. The van der Waals surface area contributed by atoms with Gasteiger partial charge in [-0.15, -0.1) is 10.2 Å². The van der Waals surface area contributed by atoms with E-state index in [1.54, 1.807) is 0 Å². The van der Waals surface area contributed by atoms with E-state index in [9.17, 15) is 0 Å². The molecule has 0 aliphatic heterocycles. The van der Waals surface area contributed by atoms with E-state index in [0.717, 1.165) is 26.7 Å². The molecule has 2 aromatic heterocycles. The quantitative estimate of drug-likeness (QED) is 0.817. The first-order valence-electron chi connectivity index (χ1n) is 5.03. The lowest BCUT2D eigenvalue weighted by Gasteiger charge is -2.04. The molecular weight excluding hydrogens is 256 g/mol. The molecule has 0 saturated heterocycles. The van der Waals surface area contributed by atoms with E-state index in [4.69, 9.17) is 5.73 Å². The zero-order valence-electron chi connectivity index (χ0n) is 9.47. The summed E-state index contributed by atoms with van der Waals surface area (Å²) in [5.41, 5.74) is 5.64. The summed E-state index contributed by atoms with van der Waals surface area (Å²) in [5.74, 6) is 0.982. The van der Waals surface area contributed by atoms with Crippen molar-refractivity contribution >= 4 is 34.9 Å². The number of hydrogen-bond donors (Lipinski definition) is 2. The maximum atomic E-state index is 5.64. The third kappa shape index (κ3) is 3.27. The average Bonchev–Trinajstić information content (AvgIpc) is 2.63. The third-order valence-corrected chi connectivity index (χ3v) is 3.59. The van der Waals surface area contributed by atoms with Crippen LogP contribution in [-0.4, -0.2) is 26.7 Å². The Bertz CT molecular complexity index is 512. The van der Waals surface area contributed by atoms with Gasteiger partial charge in [-0.2, -0.15) is 4.98 Å². The van der Waals surface area contributed by atoms with Crippen molar-refractivity contribution in [2.45, 2.75) is 23.2 Å². The van der Waals surface area contributed by atoms with Crippen LogP contribution in [0.3, 0.4) is 0 Å². The lowest BCUT2D eigenvalue weighted by atomic mass is 10.5. The second kappa shape index (κ2) is 5.28. The first-order valence-corrected chi connectivity index (χ1v) is 6.67. The molecule has 0 saturated carbocycles. The zero-order valence-corrected chi connectivity index (χ0v) is 11.1. The molecule has 90 valence electrons. The van der Waals surface area contributed by atoms with Crippen LogP contribution in [0.1, 0.15) is 11.9 Å². The number of aryl methyl sites for hydroxylation is 1. The summed E-state index contributed by atoms with van der Waals surface area (Å²) >= 11 is 2.96. The predicted molar refractivity (Wildman–Crippen MR) is 69.4 cm³/mol. The Hall–Kier alpha value is -1.41. The van der Waals surface area contributed by atoms with Crippen molar-refractivity contribution in [3.05, 3.63) is 11.1 Å². The van der Waals surface area contributed by atoms with Crippen LogP contribution in [0.4, 0.5) is 11.8 Å². The first-order chi connectivity index (χ1) is 8.17. The highest BCUT2D eigenvalue weighted by Crippen LogP contribution is 2.29. The highest BCUT2D eigenvalue weighted by molar-refractivity contribution is 8.01. The standard InChI is InChI=1S/C9H12N6S2/c1-3-11-6-4-7(13-8(10)12-6)17-9-15-14-5(2)16-9/h4H,3H2,1-2H3,(H3,10,11,12,13). The molecule has 0 unspecified atom stereocenters. The van der Waals surface area contributed by atoms with Crippen LogP contribution in [0, 0.1) is 6.92 Å². The monoisotopic (exact) mass is 268 g/mol. The van der Waals surface area contributed by atoms with Crippen LogP contribution < -0.4 is 11.1 Å². The van der Waals surface area contributed by atoms with Gasteiger partial charge in [-0.1, -0.05) is 11.3 Å². The van der Waals surface area contributed by atoms with Gasteiger partial charge in [-0.05, 0) is 25.6 Å². The smallest absolute Gasteiger partial charge is 0.223 e. The van der Waals surface area contributed by atoms with Crippen LogP contribution in [0.15, 0.2) is 15.4 Å². The van der Waals surface area contributed by atoms with Crippen molar-refractivity contribution < 1.29 is 0 Å². The molecule has 0 aliphatic carbocycles. The molecule has 2 aromatic rings. The van der Waals surface area contributed by atoms with Crippen LogP contribution in [0.2, 0.25) is 0 Å². The number of nitrogens with zero attached hydrogens (tertiary/aromatic N) is 4. The molecule has 0 aromatic carbocycles. The lowest BCUT2D eigenvalue weighted by Crippen LogP contribution is -2.03. The van der Waals surface area contributed by atoms with E-state index >= 15 is 0 Å². The fourth-order valence-corrected chi connectivity index (χ4v) is 2.95. The molecule has 3 N–H and O–H groups in total. The van der Waals surface area contributed by atoms with E-state index in [0.29, 0.717) is 0 Å². The van der Waals surface area contributed by atoms with Crippen LogP contribution in [0.5, 0.6) is 0 Å². The van der Waals surface area contributed by atoms with E-state index < -0.39 is 0 Å². The minimum atomic E-state index is 0.257. The molecule has 0 fully saturated rings. The Labute approximate surface area is 107 Å². The number of nitrogens with one attached hydrogen (secondary N) is 1. The maximum Gasteiger partial charge on any atom is 0.223 e. The molecule has 17 heavy (non-hydrogen) atoms. The van der Waals surface area contributed by atoms with Gasteiger partial charge in [0.15, 0.2) is 4.34 Å². The molecule has 0 amide bonds. The summed E-state index contributed by atoms with van der Waals surface area (Å²) in [6, 6.07) is 1.85. The largest absolute Gasteiger partial charge is 0.370 e. The fraction of sp³-hybridized carbons (Fsp3) is 0.333. The van der Waals surface area contributed by atoms with E-state index in [2.05, 4.69) is 25.5 Å². The molecule has 6 nitrogen and oxygen atoms in total. The van der Waals surface area contributed by atoms with Crippen molar-refractivity contribution in [1.29, 1.82) is 0 Å². The van der Waals surface area contributed by atoms with Gasteiger partial charge in [0, 0.05) is 12.6 Å². The second-order valence-electron chi connectivity index (χ2n) is 3.17. The van der Waals surface area contributed by atoms with E-state index in [-0.39, 0.29) is 5.95 Å². The van der Waals surface area contributed by atoms with Crippen LogP contribution >= 0.6 is 23.1 Å². The zero-order chi connectivity index (χ0) is 12.3. The number of hydrogen-bond acceptors (Lipinski definition) is 8. The SMILES string of the molecule is CCNc1cc(Sc2nnc(C)s2)nc(N)n1. The van der Waals surface area contributed by atoms with Crippen molar-refractivity contribution in [3.8, 4) is 0 Å². The Morgan fingerprint density at radius 1 is 1.41 bits per heavy atom. The molecule has 2 rings (SSSR count). The summed E-state index contributed by atoms with van der Waals surface area (Å²) in [4.78, 5) is 8.23. The minimum Gasteiger partial charge on any atom is -0.370 e. The highest BCUT2D eigenvalue weighted by Gasteiger charge is 2.07. The molecule has 2 heterocycles. The van der Waals surface area contributed by atoms with Gasteiger partial charge in [-0.3, -0.25) is 0 Å². The number of rotatable bonds is 4. The molecule has 0 aliphatic rings. The molecular formula is C9H12N6S2. The fourth-order valence-electron chi connectivity index (χ4n) is 1.18. The normalized spacial score (nSPS) is 10.5. The third-order valence-electron chi connectivity index (χ3n) is 1.78. The van der Waals surface area contributed by atoms with Crippen LogP contribution in [-0.2, 0) is 0 Å². The molecule has 0 atom stereocenters. The molecule has 0 bridgehead atoms. The van der Waals surface area contributed by atoms with Gasteiger partial charge in [0.2, 0.25) is 5.95 Å². The Morgan fingerprint density at radius 3 is 2.88 bits per heavy atom. The molecule has 0 spiro atoms. The average molecular weight is 268 g/mol. The molecule has 0 radical (unpaired) electrons. The lowest BCUT2D eigenvalue weighted by molar-refractivity contribution is 0.978. The van der Waals surface area contributed by atoms with Gasteiger partial charge < -0.3 is 11.1 Å². The van der Waals surface area contributed by atoms with E-state index in [1.807, 2.05) is 19.9 Å². The number of nitrogens with two attached hydrogens (primary N) is 1. The summed E-state index contributed by atoms with van der Waals surface area (Å²) in [6.07, 6.45) is 0. The molecule has 8 heteroatoms. The number of aromatic nitrogens is 4. The topological polar surface area (TPSA) is 89.6 Å². The second-order valence-corrected chi connectivity index (χ2v) is 5.62. The maximum absolute atomic E-state index is 5.64. The Kier molecular flexibility index (Phi) is 3.75. The summed E-state index contributed by atoms with van der Waals surface area (Å²) < 4.78 is 0.850. The number of anilines is 2. The number of nitrogen functional groups attached to an aromatic ring is 1. The summed E-state index contributed by atoms with van der Waals surface area (Å²) in [7, 11) is 0. The van der Waals surface area contributed by atoms with Gasteiger partial charge in [0.05, 0.1) is 0 Å². The van der Waals surface area contributed by atoms with E-state index in [1.165, 1.54) is 23.1 Å². The van der Waals surface area contributed by atoms with Crippen molar-refractivity contribution in [2.24, 2.45) is 0 Å². The van der Waals surface area contributed by atoms with Crippen molar-refractivity contribution in [1.82, 2.24) is 20.2 Å². The summed E-state index contributed by atoms with van der Waals surface area (Å²) in [5, 5.41) is 12.8. The summed E-state index contributed by atoms with van der Waals surface area (Å²) in [6.45, 7) is 4.71. The van der Waals surface area contributed by atoms with Gasteiger partial charge in [0.25, 0.3) is 0 Å². The van der Waals surface area contributed by atoms with Crippen molar-refractivity contribution in [2.75, 3.05) is 17.6 Å². The van der Waals surface area contributed by atoms with Gasteiger partial charge >= 0.3 is 0 Å². The van der Waals surface area contributed by atoms with Crippen LogP contribution in [0.25, 0.3) is 0 Å². The minimum absolute atomic E-state index is 0.257. The van der Waals surface area contributed by atoms with Gasteiger partial charge in [-0.25, -0.2) is 4.98 Å². The first kappa shape index (κ1) is 12.1. The van der Waals surface area contributed by atoms with Gasteiger partial charge in [0.1, 0.15) is 15.9 Å². The Balaban J connectivity index is 2.20. The Morgan fingerprint density at radius 2 is 2.24 bits per heavy atom. The van der Waals surface area contributed by atoms with Crippen molar-refractivity contribution in [3.63, 3.8) is 0 Å².